The Hall–Kier alpha value is -1.98. The van der Waals surface area contributed by atoms with Crippen LogP contribution in [-0.2, 0) is 9.59 Å². The molecule has 1 aliphatic heterocycles. The van der Waals surface area contributed by atoms with E-state index in [1.807, 2.05) is 20.8 Å². The summed E-state index contributed by atoms with van der Waals surface area (Å²) in [6.07, 6.45) is 1.38. The minimum atomic E-state index is -0.742. The number of benzene rings is 1. The largest absolute Gasteiger partial charge is 0.341 e. The molecule has 0 aromatic heterocycles. The van der Waals surface area contributed by atoms with Crippen LogP contribution in [-0.4, -0.2) is 29.8 Å². The molecule has 6 heteroatoms. The Morgan fingerprint density at radius 1 is 1.17 bits per heavy atom. The van der Waals surface area contributed by atoms with E-state index in [1.165, 1.54) is 0 Å². The van der Waals surface area contributed by atoms with Gasteiger partial charge in [-0.15, -0.1) is 0 Å². The van der Waals surface area contributed by atoms with Gasteiger partial charge in [0.2, 0.25) is 11.8 Å². The number of carbonyl (C=O) groups is 2. The zero-order valence-corrected chi connectivity index (χ0v) is 13.7. The van der Waals surface area contributed by atoms with E-state index in [2.05, 4.69) is 5.32 Å². The van der Waals surface area contributed by atoms with Gasteiger partial charge in [-0.05, 0) is 25.0 Å². The number of nitrogens with zero attached hydrogens (tertiary/aromatic N) is 1. The van der Waals surface area contributed by atoms with Crippen LogP contribution in [0.25, 0.3) is 0 Å². The summed E-state index contributed by atoms with van der Waals surface area (Å²) in [5, 5.41) is 2.53. The second kappa shape index (κ2) is 6.64. The summed E-state index contributed by atoms with van der Waals surface area (Å²) in [5.74, 6) is -2.17. The summed E-state index contributed by atoms with van der Waals surface area (Å²) >= 11 is 0. The van der Waals surface area contributed by atoms with Crippen LogP contribution in [0, 0.1) is 23.0 Å². The van der Waals surface area contributed by atoms with Crippen molar-refractivity contribution in [1.29, 1.82) is 0 Å². The number of nitrogens with one attached hydrogen (secondary N) is 1. The number of hydrogen-bond acceptors (Lipinski definition) is 2. The van der Waals surface area contributed by atoms with E-state index >= 15 is 0 Å². The Balaban J connectivity index is 2.03. The van der Waals surface area contributed by atoms with Gasteiger partial charge in [-0.1, -0.05) is 20.8 Å². The highest BCUT2D eigenvalue weighted by Gasteiger charge is 2.33. The zero-order valence-electron chi connectivity index (χ0n) is 13.7. The van der Waals surface area contributed by atoms with Crippen molar-refractivity contribution in [3.05, 3.63) is 29.8 Å². The topological polar surface area (TPSA) is 49.4 Å². The number of piperidine rings is 1. The standard InChI is InChI=1S/C17H22F2N2O2/c1-17(2,3)16(23)21-6-4-5-11(10-21)15(22)20-14-8-12(18)7-13(19)9-14/h7-9,11H,4-6,10H2,1-3H3,(H,20,22). The van der Waals surface area contributed by atoms with Crippen molar-refractivity contribution >= 4 is 17.5 Å². The molecule has 1 unspecified atom stereocenters. The van der Waals surface area contributed by atoms with Crippen LogP contribution in [0.5, 0.6) is 0 Å². The van der Waals surface area contributed by atoms with E-state index in [0.717, 1.165) is 24.6 Å². The molecule has 4 nitrogen and oxygen atoms in total. The average molecular weight is 324 g/mol. The van der Waals surface area contributed by atoms with Crippen molar-refractivity contribution in [2.75, 3.05) is 18.4 Å². The molecule has 2 amide bonds. The van der Waals surface area contributed by atoms with E-state index < -0.39 is 17.0 Å². The van der Waals surface area contributed by atoms with Gasteiger partial charge < -0.3 is 10.2 Å². The van der Waals surface area contributed by atoms with Crippen molar-refractivity contribution in [3.63, 3.8) is 0 Å². The fourth-order valence-electron chi connectivity index (χ4n) is 2.72. The van der Waals surface area contributed by atoms with Crippen LogP contribution < -0.4 is 5.32 Å². The van der Waals surface area contributed by atoms with Crippen molar-refractivity contribution in [2.24, 2.45) is 11.3 Å². The number of likely N-dealkylation sites (tertiary alicyclic amines) is 1. The quantitative estimate of drug-likeness (QED) is 0.908. The average Bonchev–Trinajstić information content (AvgIpc) is 2.44. The first-order chi connectivity index (χ1) is 10.7. The molecule has 1 fully saturated rings. The van der Waals surface area contributed by atoms with Crippen molar-refractivity contribution in [1.82, 2.24) is 4.90 Å². The smallest absolute Gasteiger partial charge is 0.229 e. The summed E-state index contributed by atoms with van der Waals surface area (Å²) in [4.78, 5) is 26.3. The van der Waals surface area contributed by atoms with E-state index in [0.29, 0.717) is 19.5 Å². The van der Waals surface area contributed by atoms with Gasteiger partial charge in [0.25, 0.3) is 0 Å². The summed E-state index contributed by atoms with van der Waals surface area (Å²) in [5.41, 5.74) is -0.406. The van der Waals surface area contributed by atoms with Crippen molar-refractivity contribution in [2.45, 2.75) is 33.6 Å². The molecule has 1 atom stereocenters. The number of hydrogen-bond donors (Lipinski definition) is 1. The van der Waals surface area contributed by atoms with Gasteiger partial charge >= 0.3 is 0 Å². The molecule has 1 heterocycles. The maximum Gasteiger partial charge on any atom is 0.229 e. The van der Waals surface area contributed by atoms with E-state index in [-0.39, 0.29) is 23.4 Å². The van der Waals surface area contributed by atoms with Crippen molar-refractivity contribution < 1.29 is 18.4 Å². The first kappa shape index (κ1) is 17.4. The first-order valence-electron chi connectivity index (χ1n) is 7.73. The SMILES string of the molecule is CC(C)(C)C(=O)N1CCCC(C(=O)Nc2cc(F)cc(F)c2)C1. The molecule has 0 saturated carbocycles. The van der Waals surface area contributed by atoms with Gasteiger partial charge in [0.05, 0.1) is 5.92 Å². The normalized spacial score (nSPS) is 18.7. The van der Waals surface area contributed by atoms with Crippen LogP contribution in [0.1, 0.15) is 33.6 Å². The molecule has 0 bridgehead atoms. The lowest BCUT2D eigenvalue weighted by Crippen LogP contribution is -2.47. The fraction of sp³-hybridized carbons (Fsp3) is 0.529. The third kappa shape index (κ3) is 4.50. The van der Waals surface area contributed by atoms with E-state index in [9.17, 15) is 18.4 Å². The van der Waals surface area contributed by atoms with E-state index in [4.69, 9.17) is 0 Å². The molecular weight excluding hydrogens is 302 g/mol. The first-order valence-corrected chi connectivity index (χ1v) is 7.73. The Morgan fingerprint density at radius 3 is 2.35 bits per heavy atom. The summed E-state index contributed by atoms with van der Waals surface area (Å²) in [6.45, 7) is 6.49. The predicted octanol–water partition coefficient (Wildman–Crippen LogP) is 3.19. The maximum absolute atomic E-state index is 13.2. The predicted molar refractivity (Wildman–Crippen MR) is 83.7 cm³/mol. The monoisotopic (exact) mass is 324 g/mol. The molecule has 1 saturated heterocycles. The van der Waals surface area contributed by atoms with Crippen LogP contribution in [0.15, 0.2) is 18.2 Å². The highest BCUT2D eigenvalue weighted by Crippen LogP contribution is 2.24. The molecule has 0 aliphatic carbocycles. The Labute approximate surface area is 134 Å². The Bertz CT molecular complexity index is 591. The minimum absolute atomic E-state index is 0.00630. The second-order valence-electron chi connectivity index (χ2n) is 6.99. The van der Waals surface area contributed by atoms with Crippen LogP contribution in [0.4, 0.5) is 14.5 Å². The summed E-state index contributed by atoms with van der Waals surface area (Å²) in [6, 6.07) is 2.89. The van der Waals surface area contributed by atoms with Crippen molar-refractivity contribution in [3.8, 4) is 0 Å². The Morgan fingerprint density at radius 2 is 1.78 bits per heavy atom. The van der Waals surface area contributed by atoms with Crippen LogP contribution in [0.2, 0.25) is 0 Å². The fourth-order valence-corrected chi connectivity index (χ4v) is 2.72. The van der Waals surface area contributed by atoms with Gasteiger partial charge in [0.1, 0.15) is 11.6 Å². The van der Waals surface area contributed by atoms with Crippen LogP contribution in [0.3, 0.4) is 0 Å². The molecular formula is C17H22F2N2O2. The number of rotatable bonds is 2. The molecule has 1 aromatic carbocycles. The highest BCUT2D eigenvalue weighted by atomic mass is 19.1. The van der Waals surface area contributed by atoms with Gasteiger partial charge in [-0.2, -0.15) is 0 Å². The van der Waals surface area contributed by atoms with E-state index in [1.54, 1.807) is 4.90 Å². The molecule has 23 heavy (non-hydrogen) atoms. The molecule has 1 N–H and O–H groups in total. The van der Waals surface area contributed by atoms with Gasteiger partial charge in [-0.25, -0.2) is 8.78 Å². The lowest BCUT2D eigenvalue weighted by atomic mass is 9.91. The number of amides is 2. The lowest BCUT2D eigenvalue weighted by Gasteiger charge is -2.35. The molecule has 1 aliphatic rings. The zero-order chi connectivity index (χ0) is 17.2. The lowest BCUT2D eigenvalue weighted by molar-refractivity contribution is -0.142. The molecule has 1 aromatic rings. The summed E-state index contributed by atoms with van der Waals surface area (Å²) < 4.78 is 26.4. The Kier molecular flexibility index (Phi) is 5.02. The van der Waals surface area contributed by atoms with Gasteiger partial charge in [0.15, 0.2) is 0 Å². The maximum atomic E-state index is 13.2. The molecule has 0 spiro atoms. The third-order valence-corrected chi connectivity index (χ3v) is 3.85. The third-order valence-electron chi connectivity index (χ3n) is 3.85. The van der Waals surface area contributed by atoms with Crippen LogP contribution >= 0.6 is 0 Å². The number of halogens is 2. The summed E-state index contributed by atoms with van der Waals surface area (Å²) in [7, 11) is 0. The van der Waals surface area contributed by atoms with Gasteiger partial charge in [-0.3, -0.25) is 9.59 Å². The highest BCUT2D eigenvalue weighted by molar-refractivity contribution is 5.93. The number of anilines is 1. The number of carbonyl (C=O) groups excluding carboxylic acids is 2. The molecule has 126 valence electrons. The minimum Gasteiger partial charge on any atom is -0.341 e. The molecule has 2 rings (SSSR count). The second-order valence-corrected chi connectivity index (χ2v) is 6.99. The molecule has 0 radical (unpaired) electrons. The van der Waals surface area contributed by atoms with Gasteiger partial charge in [0, 0.05) is 30.3 Å².